The molecule has 0 bridgehead atoms. The number of alkyl halides is 3. The van der Waals surface area contributed by atoms with Crippen LogP contribution in [0.2, 0.25) is 0 Å². The van der Waals surface area contributed by atoms with Gasteiger partial charge in [-0.1, -0.05) is 15.9 Å². The molecule has 0 aromatic heterocycles. The van der Waals surface area contributed by atoms with E-state index in [0.29, 0.717) is 13.1 Å². The van der Waals surface area contributed by atoms with Crippen molar-refractivity contribution in [3.63, 3.8) is 0 Å². The fourth-order valence-electron chi connectivity index (χ4n) is 2.80. The van der Waals surface area contributed by atoms with Crippen molar-refractivity contribution in [2.45, 2.75) is 19.0 Å². The van der Waals surface area contributed by atoms with Crippen LogP contribution in [0.5, 0.6) is 11.5 Å². The molecule has 0 unspecified atom stereocenters. The van der Waals surface area contributed by atoms with Gasteiger partial charge in [0.05, 0.1) is 5.56 Å². The molecular weight excluding hydrogens is 428 g/mol. The van der Waals surface area contributed by atoms with Crippen LogP contribution in [-0.4, -0.2) is 13.1 Å². The molecule has 0 radical (unpaired) electrons. The molecule has 1 aliphatic rings. The lowest BCUT2D eigenvalue weighted by atomic mass is 10.2. The molecule has 0 atom stereocenters. The van der Waals surface area contributed by atoms with E-state index >= 15 is 0 Å². The van der Waals surface area contributed by atoms with Gasteiger partial charge in [0, 0.05) is 17.6 Å². The predicted molar refractivity (Wildman–Crippen MR) is 87.0 cm³/mol. The van der Waals surface area contributed by atoms with E-state index in [-0.39, 0.29) is 28.0 Å². The summed E-state index contributed by atoms with van der Waals surface area (Å²) in [4.78, 5) is 1.66. The zero-order chi connectivity index (χ0) is 19.1. The highest BCUT2D eigenvalue weighted by atomic mass is 79.9. The summed E-state index contributed by atoms with van der Waals surface area (Å²) in [5.74, 6) is -4.91. The molecule has 2 aromatic rings. The van der Waals surface area contributed by atoms with Crippen molar-refractivity contribution in [2.75, 3.05) is 18.0 Å². The Balaban J connectivity index is 2.04. The second kappa shape index (κ2) is 7.02. The van der Waals surface area contributed by atoms with Crippen molar-refractivity contribution >= 4 is 21.6 Å². The molecule has 1 saturated heterocycles. The van der Waals surface area contributed by atoms with Crippen LogP contribution in [0.25, 0.3) is 0 Å². The van der Waals surface area contributed by atoms with Gasteiger partial charge in [-0.25, -0.2) is 13.2 Å². The van der Waals surface area contributed by atoms with Gasteiger partial charge in [0.15, 0.2) is 29.0 Å². The van der Waals surface area contributed by atoms with Gasteiger partial charge in [-0.2, -0.15) is 13.2 Å². The highest BCUT2D eigenvalue weighted by Crippen LogP contribution is 2.41. The molecule has 1 heterocycles. The Morgan fingerprint density at radius 2 is 1.46 bits per heavy atom. The lowest BCUT2D eigenvalue weighted by molar-refractivity contribution is -0.138. The fourth-order valence-corrected chi connectivity index (χ4v) is 3.21. The van der Waals surface area contributed by atoms with Crippen LogP contribution >= 0.6 is 15.9 Å². The van der Waals surface area contributed by atoms with Crippen molar-refractivity contribution < 1.29 is 31.1 Å². The lowest BCUT2D eigenvalue weighted by Gasteiger charge is -2.22. The zero-order valence-corrected chi connectivity index (χ0v) is 14.7. The molecule has 0 amide bonds. The van der Waals surface area contributed by atoms with Gasteiger partial charge in [0.2, 0.25) is 0 Å². The fraction of sp³-hybridized carbons (Fsp3) is 0.294. The lowest BCUT2D eigenvalue weighted by Crippen LogP contribution is -2.20. The zero-order valence-electron chi connectivity index (χ0n) is 13.1. The van der Waals surface area contributed by atoms with Gasteiger partial charge in [-0.15, -0.1) is 0 Å². The van der Waals surface area contributed by atoms with Crippen LogP contribution in [0.15, 0.2) is 28.7 Å². The van der Waals surface area contributed by atoms with Gasteiger partial charge in [-0.05, 0) is 37.1 Å². The van der Waals surface area contributed by atoms with E-state index in [9.17, 15) is 26.3 Å². The number of ether oxygens (including phenoxy) is 1. The minimum atomic E-state index is -4.90. The third-order valence-electron chi connectivity index (χ3n) is 3.95. The highest BCUT2D eigenvalue weighted by molar-refractivity contribution is 9.10. The van der Waals surface area contributed by atoms with E-state index in [0.717, 1.165) is 12.8 Å². The molecule has 1 aliphatic heterocycles. The van der Waals surface area contributed by atoms with Crippen molar-refractivity contribution in [3.05, 3.63) is 51.8 Å². The van der Waals surface area contributed by atoms with Crippen molar-refractivity contribution in [1.29, 1.82) is 0 Å². The smallest absolute Gasteiger partial charge is 0.416 e. The monoisotopic (exact) mass is 439 g/mol. The minimum absolute atomic E-state index is 0.0180. The summed E-state index contributed by atoms with van der Waals surface area (Å²) < 4.78 is 85.9. The summed E-state index contributed by atoms with van der Waals surface area (Å²) in [5, 5.41) is 0. The second-order valence-corrected chi connectivity index (χ2v) is 6.71. The van der Waals surface area contributed by atoms with E-state index in [2.05, 4.69) is 15.9 Å². The number of anilines is 1. The molecule has 9 heteroatoms. The Labute approximate surface area is 153 Å². The van der Waals surface area contributed by atoms with E-state index in [1.807, 2.05) is 0 Å². The second-order valence-electron chi connectivity index (χ2n) is 5.80. The van der Waals surface area contributed by atoms with E-state index in [1.165, 1.54) is 12.1 Å². The van der Waals surface area contributed by atoms with Crippen LogP contribution in [0, 0.1) is 17.5 Å². The van der Waals surface area contributed by atoms with E-state index < -0.39 is 34.9 Å². The number of nitrogens with zero attached hydrogens (tertiary/aromatic N) is 1. The summed E-state index contributed by atoms with van der Waals surface area (Å²) in [6.07, 6.45) is -3.27. The van der Waals surface area contributed by atoms with Crippen molar-refractivity contribution in [2.24, 2.45) is 0 Å². The Hall–Kier alpha value is -1.90. The SMILES string of the molecule is Fc1cc(C(F)(F)F)cc(F)c1Oc1cc(Br)cc(F)c1N1CCCC1. The van der Waals surface area contributed by atoms with Crippen LogP contribution in [0.4, 0.5) is 32.0 Å². The average Bonchev–Trinajstić information content (AvgIpc) is 3.03. The van der Waals surface area contributed by atoms with Crippen LogP contribution < -0.4 is 9.64 Å². The maximum Gasteiger partial charge on any atom is 0.416 e. The Morgan fingerprint density at radius 3 is 2.00 bits per heavy atom. The highest BCUT2D eigenvalue weighted by Gasteiger charge is 2.33. The normalized spacial score (nSPS) is 14.8. The summed E-state index contributed by atoms with van der Waals surface area (Å²) in [7, 11) is 0. The molecule has 1 fully saturated rings. The first-order chi connectivity index (χ1) is 12.2. The molecule has 0 N–H and O–H groups in total. The van der Waals surface area contributed by atoms with E-state index in [4.69, 9.17) is 4.74 Å². The molecule has 2 nitrogen and oxygen atoms in total. The molecule has 0 spiro atoms. The Kier molecular flexibility index (Phi) is 5.09. The maximum absolute atomic E-state index is 14.4. The molecule has 3 rings (SSSR count). The largest absolute Gasteiger partial charge is 0.449 e. The topological polar surface area (TPSA) is 12.5 Å². The number of halogens is 7. The standard InChI is InChI=1S/C17H12BrF6NO/c18-10-7-11(19)15(25-3-1-2-4-25)14(8-10)26-16-12(20)5-9(6-13(16)21)17(22,23)24/h5-8H,1-4H2. The number of rotatable bonds is 3. The number of hydrogen-bond acceptors (Lipinski definition) is 2. The van der Waals surface area contributed by atoms with Gasteiger partial charge in [-0.3, -0.25) is 0 Å². The molecule has 0 saturated carbocycles. The van der Waals surface area contributed by atoms with Gasteiger partial charge in [0.25, 0.3) is 0 Å². The van der Waals surface area contributed by atoms with Crippen LogP contribution in [0.3, 0.4) is 0 Å². The van der Waals surface area contributed by atoms with Gasteiger partial charge < -0.3 is 9.64 Å². The first-order valence-electron chi connectivity index (χ1n) is 7.65. The molecule has 0 aliphatic carbocycles. The first kappa shape index (κ1) is 18.9. The summed E-state index contributed by atoms with van der Waals surface area (Å²) in [5.41, 5.74) is -1.45. The van der Waals surface area contributed by atoms with Gasteiger partial charge in [0.1, 0.15) is 5.69 Å². The number of benzene rings is 2. The quantitative estimate of drug-likeness (QED) is 0.522. The number of hydrogen-bond donors (Lipinski definition) is 0. The molecular formula is C17H12BrF6NO. The average molecular weight is 440 g/mol. The third kappa shape index (κ3) is 3.77. The summed E-state index contributed by atoms with van der Waals surface area (Å²) in [6, 6.07) is 2.78. The molecule has 26 heavy (non-hydrogen) atoms. The minimum Gasteiger partial charge on any atom is -0.449 e. The van der Waals surface area contributed by atoms with Crippen LogP contribution in [0.1, 0.15) is 18.4 Å². The van der Waals surface area contributed by atoms with Crippen molar-refractivity contribution in [1.82, 2.24) is 0 Å². The van der Waals surface area contributed by atoms with Crippen molar-refractivity contribution in [3.8, 4) is 11.5 Å². The third-order valence-corrected chi connectivity index (χ3v) is 4.41. The summed E-state index contributed by atoms with van der Waals surface area (Å²) >= 11 is 3.07. The Bertz CT molecular complexity index is 810. The molecule has 2 aromatic carbocycles. The van der Waals surface area contributed by atoms with Crippen LogP contribution in [-0.2, 0) is 6.18 Å². The maximum atomic E-state index is 14.4. The first-order valence-corrected chi connectivity index (χ1v) is 8.44. The molecule has 140 valence electrons. The Morgan fingerprint density at radius 1 is 0.885 bits per heavy atom. The summed E-state index contributed by atoms with van der Waals surface area (Å²) in [6.45, 7) is 1.07. The van der Waals surface area contributed by atoms with E-state index in [1.54, 1.807) is 4.90 Å². The predicted octanol–water partition coefficient (Wildman–Crippen LogP) is 6.28. The van der Waals surface area contributed by atoms with Gasteiger partial charge >= 0.3 is 6.18 Å².